The molecule has 0 spiro atoms. The lowest BCUT2D eigenvalue weighted by atomic mass is 9.47. The van der Waals surface area contributed by atoms with E-state index in [4.69, 9.17) is 4.74 Å². The third kappa shape index (κ3) is 4.69. The highest BCUT2D eigenvalue weighted by atomic mass is 16.5. The Hall–Kier alpha value is -1.64. The molecule has 1 aromatic rings. The van der Waals surface area contributed by atoms with E-state index in [-0.39, 0.29) is 12.1 Å². The number of hydrogen-bond acceptors (Lipinski definition) is 3. The van der Waals surface area contributed by atoms with Crippen molar-refractivity contribution in [2.75, 3.05) is 0 Å². The molecule has 3 fully saturated rings. The van der Waals surface area contributed by atoms with Gasteiger partial charge >= 0.3 is 5.97 Å². The zero-order chi connectivity index (χ0) is 25.5. The molecular formula is C33H49NO2. The van der Waals surface area contributed by atoms with Gasteiger partial charge in [-0.1, -0.05) is 65.5 Å². The lowest BCUT2D eigenvalue weighted by Gasteiger charge is -2.58. The number of hydrogen-bond donors (Lipinski definition) is 0. The standard InChI is InChI=1S/C33H49NO2/c1-22(2)7-6-8-23(3)28-11-12-29-27-10-9-25-21-26(36-31(35)24-15-19-34-20-16-24)13-17-32(25,4)30(27)14-18-33(28,29)5/h9,15-16,19-20,22-23,26-30H,6-8,10-14,17-18,21H2,1-5H3/t23-,26+,27+,28-,29+,30+,32+,33-/m1/s1. The first-order valence-corrected chi connectivity index (χ1v) is 15.0. The average molecular weight is 492 g/mol. The van der Waals surface area contributed by atoms with Crippen molar-refractivity contribution >= 4 is 5.97 Å². The van der Waals surface area contributed by atoms with E-state index >= 15 is 0 Å². The van der Waals surface area contributed by atoms with Gasteiger partial charge in [0.25, 0.3) is 0 Å². The summed E-state index contributed by atoms with van der Waals surface area (Å²) in [6.07, 6.45) is 20.2. The molecule has 1 aromatic heterocycles. The van der Waals surface area contributed by atoms with Crippen LogP contribution < -0.4 is 0 Å². The summed E-state index contributed by atoms with van der Waals surface area (Å²) in [5.74, 6) is 4.96. The van der Waals surface area contributed by atoms with Crippen LogP contribution in [0.3, 0.4) is 0 Å². The minimum atomic E-state index is -0.201. The SMILES string of the molecule is CC(C)CCC[C@@H](C)[C@H]1CC[C@H]2[C@@H]3CC=C4C[C@@H](OC(=O)c5ccncc5)CC[C@]4(C)[C@H]3CC[C@]12C. The monoisotopic (exact) mass is 491 g/mol. The first-order chi connectivity index (χ1) is 17.2. The molecule has 4 aliphatic rings. The molecule has 3 saturated carbocycles. The Morgan fingerprint density at radius 2 is 1.81 bits per heavy atom. The van der Waals surface area contributed by atoms with Crippen molar-refractivity contribution in [2.24, 2.45) is 46.3 Å². The van der Waals surface area contributed by atoms with Gasteiger partial charge < -0.3 is 4.74 Å². The van der Waals surface area contributed by atoms with E-state index in [0.717, 1.165) is 54.8 Å². The molecule has 1 heterocycles. The lowest BCUT2D eigenvalue weighted by molar-refractivity contribution is -0.0594. The summed E-state index contributed by atoms with van der Waals surface area (Å²) in [4.78, 5) is 16.7. The van der Waals surface area contributed by atoms with Crippen LogP contribution in [0.2, 0.25) is 0 Å². The molecule has 0 unspecified atom stereocenters. The number of allylic oxidation sites excluding steroid dienone is 1. The van der Waals surface area contributed by atoms with E-state index in [1.165, 1.54) is 51.4 Å². The highest BCUT2D eigenvalue weighted by Crippen LogP contribution is 2.67. The summed E-state index contributed by atoms with van der Waals surface area (Å²) < 4.78 is 5.97. The summed E-state index contributed by atoms with van der Waals surface area (Å²) >= 11 is 0. The van der Waals surface area contributed by atoms with E-state index < -0.39 is 0 Å². The Bertz CT molecular complexity index is 954. The second kappa shape index (κ2) is 10.3. The van der Waals surface area contributed by atoms with E-state index in [2.05, 4.69) is 45.7 Å². The minimum Gasteiger partial charge on any atom is -0.458 e. The Labute approximate surface area is 219 Å². The average Bonchev–Trinajstić information content (AvgIpc) is 3.22. The van der Waals surface area contributed by atoms with Gasteiger partial charge in [-0.25, -0.2) is 4.79 Å². The quantitative estimate of drug-likeness (QED) is 0.283. The molecular weight excluding hydrogens is 442 g/mol. The summed E-state index contributed by atoms with van der Waals surface area (Å²) in [7, 11) is 0. The van der Waals surface area contributed by atoms with Gasteiger partial charge in [0.1, 0.15) is 6.10 Å². The lowest BCUT2D eigenvalue weighted by Crippen LogP contribution is -2.51. The van der Waals surface area contributed by atoms with Gasteiger partial charge in [-0.15, -0.1) is 0 Å². The second-order valence-corrected chi connectivity index (χ2v) is 13.8. The van der Waals surface area contributed by atoms with Crippen molar-refractivity contribution in [3.8, 4) is 0 Å². The van der Waals surface area contributed by atoms with E-state index in [1.807, 2.05) is 0 Å². The fourth-order valence-electron chi connectivity index (χ4n) is 9.46. The van der Waals surface area contributed by atoms with Crippen LogP contribution in [0.1, 0.15) is 116 Å². The number of ether oxygens (including phenoxy) is 1. The molecule has 4 aliphatic carbocycles. The molecule has 5 rings (SSSR count). The van der Waals surface area contributed by atoms with Gasteiger partial charge in [0.15, 0.2) is 0 Å². The number of rotatable bonds is 7. The Kier molecular flexibility index (Phi) is 7.40. The van der Waals surface area contributed by atoms with E-state index in [1.54, 1.807) is 30.1 Å². The van der Waals surface area contributed by atoms with Crippen molar-refractivity contribution in [3.63, 3.8) is 0 Å². The third-order valence-corrected chi connectivity index (χ3v) is 11.4. The zero-order valence-corrected chi connectivity index (χ0v) is 23.5. The smallest absolute Gasteiger partial charge is 0.338 e. The molecule has 0 saturated heterocycles. The highest BCUT2D eigenvalue weighted by molar-refractivity contribution is 5.89. The number of esters is 1. The van der Waals surface area contributed by atoms with Crippen LogP contribution in [0.5, 0.6) is 0 Å². The molecule has 0 amide bonds. The molecule has 0 radical (unpaired) electrons. The van der Waals surface area contributed by atoms with Gasteiger partial charge in [-0.05, 0) is 103 Å². The first kappa shape index (κ1) is 26.0. The van der Waals surface area contributed by atoms with Crippen molar-refractivity contribution in [1.82, 2.24) is 4.98 Å². The number of pyridine rings is 1. The Balaban J connectivity index is 1.25. The van der Waals surface area contributed by atoms with E-state index in [9.17, 15) is 4.79 Å². The molecule has 0 aliphatic heterocycles. The van der Waals surface area contributed by atoms with Crippen molar-refractivity contribution in [2.45, 2.75) is 111 Å². The number of carbonyl (C=O) groups excluding carboxylic acids is 1. The fourth-order valence-corrected chi connectivity index (χ4v) is 9.46. The van der Waals surface area contributed by atoms with Gasteiger partial charge in [0.05, 0.1) is 5.56 Å². The van der Waals surface area contributed by atoms with Crippen LogP contribution in [0.25, 0.3) is 0 Å². The minimum absolute atomic E-state index is 0.0120. The van der Waals surface area contributed by atoms with Gasteiger partial charge in [0.2, 0.25) is 0 Å². The number of nitrogens with zero attached hydrogens (tertiary/aromatic N) is 1. The summed E-state index contributed by atoms with van der Waals surface area (Å²) in [5, 5.41) is 0. The molecule has 0 bridgehead atoms. The summed E-state index contributed by atoms with van der Waals surface area (Å²) in [6.45, 7) is 12.5. The number of carbonyl (C=O) groups is 1. The Morgan fingerprint density at radius 1 is 1.03 bits per heavy atom. The predicted octanol–water partition coefficient (Wildman–Crippen LogP) is 8.65. The molecule has 0 aromatic carbocycles. The summed E-state index contributed by atoms with van der Waals surface area (Å²) in [5.41, 5.74) is 3.03. The second-order valence-electron chi connectivity index (χ2n) is 13.8. The van der Waals surface area contributed by atoms with Crippen molar-refractivity contribution in [1.29, 1.82) is 0 Å². The van der Waals surface area contributed by atoms with E-state index in [0.29, 0.717) is 16.4 Å². The zero-order valence-electron chi connectivity index (χ0n) is 23.5. The Morgan fingerprint density at radius 3 is 2.56 bits per heavy atom. The van der Waals surface area contributed by atoms with Gasteiger partial charge in [-0.2, -0.15) is 0 Å². The number of fused-ring (bicyclic) bond motifs is 5. The van der Waals surface area contributed by atoms with Crippen LogP contribution >= 0.6 is 0 Å². The maximum Gasteiger partial charge on any atom is 0.338 e. The molecule has 8 atom stereocenters. The van der Waals surface area contributed by atoms with Crippen LogP contribution in [0.4, 0.5) is 0 Å². The third-order valence-electron chi connectivity index (χ3n) is 11.4. The molecule has 198 valence electrons. The predicted molar refractivity (Wildman–Crippen MR) is 146 cm³/mol. The molecule has 3 heteroatoms. The maximum atomic E-state index is 12.7. The topological polar surface area (TPSA) is 39.2 Å². The highest BCUT2D eigenvalue weighted by Gasteiger charge is 2.59. The van der Waals surface area contributed by atoms with Gasteiger partial charge in [-0.3, -0.25) is 4.98 Å². The summed E-state index contributed by atoms with van der Waals surface area (Å²) in [6, 6.07) is 3.50. The van der Waals surface area contributed by atoms with Crippen LogP contribution in [0.15, 0.2) is 36.2 Å². The largest absolute Gasteiger partial charge is 0.458 e. The first-order valence-electron chi connectivity index (χ1n) is 15.0. The number of aromatic nitrogens is 1. The molecule has 3 nitrogen and oxygen atoms in total. The molecule has 36 heavy (non-hydrogen) atoms. The fraction of sp³-hybridized carbons (Fsp3) is 0.758. The normalized spacial score (nSPS) is 38.5. The van der Waals surface area contributed by atoms with Crippen LogP contribution in [-0.4, -0.2) is 17.1 Å². The maximum absolute atomic E-state index is 12.7. The van der Waals surface area contributed by atoms with Crippen LogP contribution in [0, 0.1) is 46.3 Å². The van der Waals surface area contributed by atoms with Crippen molar-refractivity contribution < 1.29 is 9.53 Å². The van der Waals surface area contributed by atoms with Gasteiger partial charge in [0, 0.05) is 18.8 Å². The van der Waals surface area contributed by atoms with Crippen LogP contribution in [-0.2, 0) is 4.74 Å². The molecule has 0 N–H and O–H groups in total. The van der Waals surface area contributed by atoms with Crippen molar-refractivity contribution in [3.05, 3.63) is 41.7 Å².